The van der Waals surface area contributed by atoms with Crippen LogP contribution in [-0.4, -0.2) is 18.9 Å². The second-order valence-corrected chi connectivity index (χ2v) is 5.75. The van der Waals surface area contributed by atoms with E-state index >= 15 is 0 Å². The summed E-state index contributed by atoms with van der Waals surface area (Å²) in [6.45, 7) is 0. The van der Waals surface area contributed by atoms with E-state index in [1.807, 2.05) is 0 Å². The fourth-order valence-corrected chi connectivity index (χ4v) is 2.50. The Labute approximate surface area is 154 Å². The molecule has 3 aromatic rings. The molecule has 6 nitrogen and oxygen atoms in total. The third-order valence-electron chi connectivity index (χ3n) is 3.54. The summed E-state index contributed by atoms with van der Waals surface area (Å²) in [6, 6.07) is 14.7. The highest BCUT2D eigenvalue weighted by Crippen LogP contribution is 2.29. The quantitative estimate of drug-likeness (QED) is 0.695. The summed E-state index contributed by atoms with van der Waals surface area (Å²) >= 11 is 5.92. The summed E-state index contributed by atoms with van der Waals surface area (Å²) in [6.07, 6.45) is 1.42. The molecule has 0 fully saturated rings. The lowest BCUT2D eigenvalue weighted by atomic mass is 10.2. The van der Waals surface area contributed by atoms with Gasteiger partial charge in [-0.05, 0) is 48.5 Å². The van der Waals surface area contributed by atoms with E-state index < -0.39 is 5.91 Å². The van der Waals surface area contributed by atoms with Crippen molar-refractivity contribution in [3.63, 3.8) is 0 Å². The Morgan fingerprint density at radius 3 is 2.54 bits per heavy atom. The molecule has 0 aliphatic rings. The van der Waals surface area contributed by atoms with E-state index in [-0.39, 0.29) is 11.7 Å². The van der Waals surface area contributed by atoms with Crippen molar-refractivity contribution in [2.24, 2.45) is 0 Å². The minimum absolute atomic E-state index is 0.185. The number of ether oxygens (including phenoxy) is 1. The van der Waals surface area contributed by atoms with Gasteiger partial charge in [0.25, 0.3) is 11.8 Å². The lowest BCUT2D eigenvalue weighted by molar-refractivity contribution is 0.0995. The monoisotopic (exact) mass is 370 g/mol. The molecule has 0 saturated heterocycles. The SMILES string of the molecule is COc1ccc(NC(=O)c2ccco2)cc1NC(=O)c1cccc(Cl)c1. The average molecular weight is 371 g/mol. The van der Waals surface area contributed by atoms with Gasteiger partial charge in [-0.25, -0.2) is 0 Å². The summed E-state index contributed by atoms with van der Waals surface area (Å²) in [5.74, 6) is -0.102. The number of amides is 2. The maximum absolute atomic E-state index is 12.4. The van der Waals surface area contributed by atoms with Gasteiger partial charge in [-0.15, -0.1) is 0 Å². The zero-order valence-electron chi connectivity index (χ0n) is 13.8. The Kier molecular flexibility index (Phi) is 5.24. The van der Waals surface area contributed by atoms with Crippen molar-refractivity contribution >= 4 is 34.8 Å². The molecule has 1 aromatic heterocycles. The Bertz CT molecular complexity index is 938. The summed E-state index contributed by atoms with van der Waals surface area (Å²) in [5.41, 5.74) is 1.30. The van der Waals surface area contributed by atoms with E-state index in [4.69, 9.17) is 20.8 Å². The van der Waals surface area contributed by atoms with Crippen LogP contribution in [0, 0.1) is 0 Å². The smallest absolute Gasteiger partial charge is 0.291 e. The molecule has 132 valence electrons. The Balaban J connectivity index is 1.81. The van der Waals surface area contributed by atoms with E-state index in [1.165, 1.54) is 13.4 Å². The first kappa shape index (κ1) is 17.6. The number of rotatable bonds is 5. The van der Waals surface area contributed by atoms with Crippen LogP contribution in [0.25, 0.3) is 0 Å². The highest BCUT2D eigenvalue weighted by atomic mass is 35.5. The molecule has 2 aromatic carbocycles. The van der Waals surface area contributed by atoms with Crippen molar-refractivity contribution in [1.82, 2.24) is 0 Å². The lowest BCUT2D eigenvalue weighted by Crippen LogP contribution is -2.14. The molecular weight excluding hydrogens is 356 g/mol. The van der Waals surface area contributed by atoms with E-state index in [9.17, 15) is 9.59 Å². The van der Waals surface area contributed by atoms with Crippen LogP contribution in [0.2, 0.25) is 5.02 Å². The molecule has 0 aliphatic carbocycles. The van der Waals surface area contributed by atoms with Crippen LogP contribution >= 0.6 is 11.6 Å². The van der Waals surface area contributed by atoms with Crippen molar-refractivity contribution in [3.8, 4) is 5.75 Å². The summed E-state index contributed by atoms with van der Waals surface area (Å²) in [5, 5.41) is 5.92. The van der Waals surface area contributed by atoms with Crippen LogP contribution in [0.4, 0.5) is 11.4 Å². The van der Waals surface area contributed by atoms with Gasteiger partial charge in [-0.3, -0.25) is 9.59 Å². The van der Waals surface area contributed by atoms with E-state index in [2.05, 4.69) is 10.6 Å². The standard InChI is InChI=1S/C19H15ClN2O4/c1-25-16-8-7-14(21-19(24)17-6-3-9-26-17)11-15(16)22-18(23)12-4-2-5-13(20)10-12/h2-11H,1H3,(H,21,24)(H,22,23). The number of benzene rings is 2. The fourth-order valence-electron chi connectivity index (χ4n) is 2.31. The van der Waals surface area contributed by atoms with Crippen LogP contribution in [0.5, 0.6) is 5.75 Å². The van der Waals surface area contributed by atoms with E-state index in [1.54, 1.807) is 54.6 Å². The van der Waals surface area contributed by atoms with Gasteiger partial charge in [0.1, 0.15) is 5.75 Å². The van der Waals surface area contributed by atoms with Crippen LogP contribution in [0.1, 0.15) is 20.9 Å². The summed E-state index contributed by atoms with van der Waals surface area (Å²) in [4.78, 5) is 24.5. The van der Waals surface area contributed by atoms with Gasteiger partial charge in [0.05, 0.1) is 19.1 Å². The number of furan rings is 1. The summed E-state index contributed by atoms with van der Waals surface area (Å²) < 4.78 is 10.3. The topological polar surface area (TPSA) is 80.6 Å². The minimum atomic E-state index is -0.396. The fraction of sp³-hybridized carbons (Fsp3) is 0.0526. The maximum Gasteiger partial charge on any atom is 0.291 e. The maximum atomic E-state index is 12.4. The molecule has 2 amide bonds. The highest BCUT2D eigenvalue weighted by molar-refractivity contribution is 6.31. The molecular formula is C19H15ClN2O4. The van der Waals surface area contributed by atoms with Crippen molar-refractivity contribution in [1.29, 1.82) is 0 Å². The van der Waals surface area contributed by atoms with Gasteiger partial charge in [-0.2, -0.15) is 0 Å². The van der Waals surface area contributed by atoms with Crippen LogP contribution < -0.4 is 15.4 Å². The lowest BCUT2D eigenvalue weighted by Gasteiger charge is -2.12. The molecule has 3 rings (SSSR count). The number of carbonyl (C=O) groups is 2. The summed E-state index contributed by atoms with van der Waals surface area (Å²) in [7, 11) is 1.49. The van der Waals surface area contributed by atoms with Crippen molar-refractivity contribution in [3.05, 3.63) is 77.2 Å². The molecule has 26 heavy (non-hydrogen) atoms. The molecule has 0 aliphatic heterocycles. The normalized spacial score (nSPS) is 10.2. The molecule has 0 atom stereocenters. The number of hydrogen-bond donors (Lipinski definition) is 2. The van der Waals surface area contributed by atoms with Crippen molar-refractivity contribution < 1.29 is 18.7 Å². The van der Waals surface area contributed by atoms with Gasteiger partial charge in [0, 0.05) is 16.3 Å². The van der Waals surface area contributed by atoms with Crippen LogP contribution in [0.3, 0.4) is 0 Å². The largest absolute Gasteiger partial charge is 0.495 e. The second-order valence-electron chi connectivity index (χ2n) is 5.31. The number of anilines is 2. The predicted octanol–water partition coefficient (Wildman–Crippen LogP) is 4.45. The Hall–Kier alpha value is -3.25. The van der Waals surface area contributed by atoms with Gasteiger partial charge in [-0.1, -0.05) is 17.7 Å². The van der Waals surface area contributed by atoms with Crippen LogP contribution in [-0.2, 0) is 0 Å². The Morgan fingerprint density at radius 2 is 1.85 bits per heavy atom. The average Bonchev–Trinajstić information content (AvgIpc) is 3.17. The van der Waals surface area contributed by atoms with E-state index in [0.29, 0.717) is 27.7 Å². The van der Waals surface area contributed by atoms with Gasteiger partial charge >= 0.3 is 0 Å². The number of methoxy groups -OCH3 is 1. The molecule has 1 heterocycles. The zero-order chi connectivity index (χ0) is 18.5. The van der Waals surface area contributed by atoms with Gasteiger partial charge in [0.15, 0.2) is 5.76 Å². The van der Waals surface area contributed by atoms with Gasteiger partial charge in [0.2, 0.25) is 0 Å². The minimum Gasteiger partial charge on any atom is -0.495 e. The molecule has 0 saturated carbocycles. The molecule has 0 spiro atoms. The number of carbonyl (C=O) groups excluding carboxylic acids is 2. The number of halogens is 1. The third kappa shape index (κ3) is 4.04. The molecule has 0 radical (unpaired) electrons. The molecule has 7 heteroatoms. The Morgan fingerprint density at radius 1 is 1.00 bits per heavy atom. The zero-order valence-corrected chi connectivity index (χ0v) is 14.5. The van der Waals surface area contributed by atoms with Gasteiger partial charge < -0.3 is 19.8 Å². The van der Waals surface area contributed by atoms with Crippen LogP contribution in [0.15, 0.2) is 65.3 Å². The molecule has 2 N–H and O–H groups in total. The van der Waals surface area contributed by atoms with Crippen molar-refractivity contribution in [2.75, 3.05) is 17.7 Å². The highest BCUT2D eigenvalue weighted by Gasteiger charge is 2.13. The third-order valence-corrected chi connectivity index (χ3v) is 3.77. The first-order valence-corrected chi connectivity index (χ1v) is 8.04. The van der Waals surface area contributed by atoms with E-state index in [0.717, 1.165) is 0 Å². The first-order valence-electron chi connectivity index (χ1n) is 7.66. The molecule has 0 unspecified atom stereocenters. The number of nitrogens with one attached hydrogen (secondary N) is 2. The first-order chi connectivity index (χ1) is 12.6. The second kappa shape index (κ2) is 7.76. The molecule has 0 bridgehead atoms. The van der Waals surface area contributed by atoms with Crippen molar-refractivity contribution in [2.45, 2.75) is 0 Å². The number of hydrogen-bond acceptors (Lipinski definition) is 4. The predicted molar refractivity (Wildman–Crippen MR) is 99.1 cm³/mol.